The Kier molecular flexibility index (Phi) is 5.40. The van der Waals surface area contributed by atoms with Crippen molar-refractivity contribution in [3.63, 3.8) is 0 Å². The van der Waals surface area contributed by atoms with Crippen molar-refractivity contribution in [3.05, 3.63) is 47.5 Å². The zero-order valence-electron chi connectivity index (χ0n) is 9.85. The molecule has 1 aromatic rings. The maximum Gasteiger partial charge on any atom is 0.165 e. The van der Waals surface area contributed by atoms with Crippen molar-refractivity contribution in [2.24, 2.45) is 5.41 Å². The summed E-state index contributed by atoms with van der Waals surface area (Å²) in [6.07, 6.45) is 3.03. The standard InChI is InChI=1S/C14H9Cl2N3/c15-13(16)5-6-14(9-18,10-19)7-11-1-3-12(8-17)4-2-11/h1-6,13H,7H2/b6-5+. The molecule has 1 rings (SSSR count). The Bertz CT molecular complexity index is 569. The fraction of sp³-hybridized carbons (Fsp3) is 0.214. The Morgan fingerprint density at radius 3 is 2.11 bits per heavy atom. The maximum absolute atomic E-state index is 9.19. The van der Waals surface area contributed by atoms with Crippen LogP contribution in [0, 0.1) is 39.4 Å². The largest absolute Gasteiger partial charge is 0.196 e. The van der Waals surface area contributed by atoms with Crippen LogP contribution in [0.3, 0.4) is 0 Å². The number of nitrogens with zero attached hydrogens (tertiary/aromatic N) is 3. The molecule has 19 heavy (non-hydrogen) atoms. The second-order valence-corrected chi connectivity index (χ2v) is 5.04. The molecule has 0 heterocycles. The lowest BCUT2D eigenvalue weighted by Gasteiger charge is -2.14. The van der Waals surface area contributed by atoms with E-state index in [0.717, 1.165) is 5.56 Å². The van der Waals surface area contributed by atoms with Gasteiger partial charge in [-0.15, -0.1) is 23.2 Å². The quantitative estimate of drug-likeness (QED) is 0.629. The summed E-state index contributed by atoms with van der Waals surface area (Å²) in [6.45, 7) is 0. The summed E-state index contributed by atoms with van der Waals surface area (Å²) >= 11 is 11.1. The molecule has 0 fully saturated rings. The third-order valence-corrected chi connectivity index (χ3v) is 2.78. The number of hydrogen-bond donors (Lipinski definition) is 0. The van der Waals surface area contributed by atoms with Crippen LogP contribution in [-0.4, -0.2) is 4.84 Å². The van der Waals surface area contributed by atoms with Crippen LogP contribution in [0.25, 0.3) is 0 Å². The Morgan fingerprint density at radius 1 is 1.11 bits per heavy atom. The first-order valence-electron chi connectivity index (χ1n) is 5.34. The van der Waals surface area contributed by atoms with Crippen molar-refractivity contribution in [2.75, 3.05) is 0 Å². The Morgan fingerprint density at radius 2 is 1.68 bits per heavy atom. The van der Waals surface area contributed by atoms with Crippen molar-refractivity contribution < 1.29 is 0 Å². The SMILES string of the molecule is N#Cc1ccc(CC(C#N)(C#N)/C=C/C(Cl)Cl)cc1. The normalized spacial score (nSPS) is 10.9. The highest BCUT2D eigenvalue weighted by atomic mass is 35.5. The summed E-state index contributed by atoms with van der Waals surface area (Å²) in [4.78, 5) is -0.762. The van der Waals surface area contributed by atoms with Crippen molar-refractivity contribution in [1.29, 1.82) is 15.8 Å². The van der Waals surface area contributed by atoms with E-state index in [1.807, 2.05) is 18.2 Å². The second-order valence-electron chi connectivity index (χ2n) is 3.87. The predicted octanol–water partition coefficient (Wildman–Crippen LogP) is 3.49. The van der Waals surface area contributed by atoms with Gasteiger partial charge in [0.25, 0.3) is 0 Å². The van der Waals surface area contributed by atoms with E-state index in [9.17, 15) is 10.5 Å². The van der Waals surface area contributed by atoms with Gasteiger partial charge in [0.05, 0.1) is 23.8 Å². The number of rotatable bonds is 4. The molecule has 0 bridgehead atoms. The van der Waals surface area contributed by atoms with Gasteiger partial charge in [-0.05, 0) is 17.7 Å². The van der Waals surface area contributed by atoms with Crippen LogP contribution in [0.4, 0.5) is 0 Å². The lowest BCUT2D eigenvalue weighted by Crippen LogP contribution is -2.16. The molecule has 3 nitrogen and oxygen atoms in total. The van der Waals surface area contributed by atoms with Crippen molar-refractivity contribution in [3.8, 4) is 18.2 Å². The van der Waals surface area contributed by atoms with Crippen LogP contribution in [0.2, 0.25) is 0 Å². The predicted molar refractivity (Wildman–Crippen MR) is 73.2 cm³/mol. The van der Waals surface area contributed by atoms with Gasteiger partial charge in [0.15, 0.2) is 5.41 Å². The number of alkyl halides is 2. The molecule has 0 aliphatic carbocycles. The van der Waals surface area contributed by atoms with Gasteiger partial charge in [-0.25, -0.2) is 0 Å². The van der Waals surface area contributed by atoms with E-state index < -0.39 is 10.3 Å². The molecule has 1 aromatic carbocycles. The molecule has 0 saturated heterocycles. The smallest absolute Gasteiger partial charge is 0.165 e. The minimum Gasteiger partial charge on any atom is -0.196 e. The highest BCUT2D eigenvalue weighted by molar-refractivity contribution is 6.45. The molecular weight excluding hydrogens is 281 g/mol. The van der Waals surface area contributed by atoms with E-state index in [-0.39, 0.29) is 6.42 Å². The summed E-state index contributed by atoms with van der Waals surface area (Å²) in [5.74, 6) is 0. The van der Waals surface area contributed by atoms with Crippen LogP contribution in [0.15, 0.2) is 36.4 Å². The van der Waals surface area contributed by atoms with Crippen LogP contribution >= 0.6 is 23.2 Å². The Hall–Kier alpha value is -1.99. The lowest BCUT2D eigenvalue weighted by molar-refractivity contribution is 0.656. The topological polar surface area (TPSA) is 71.4 Å². The van der Waals surface area contributed by atoms with E-state index in [2.05, 4.69) is 0 Å². The Labute approximate surface area is 121 Å². The summed E-state index contributed by atoms with van der Waals surface area (Å²) in [7, 11) is 0. The number of halogens is 2. The summed E-state index contributed by atoms with van der Waals surface area (Å²) in [6, 6.07) is 12.7. The van der Waals surface area contributed by atoms with Crippen LogP contribution in [0.5, 0.6) is 0 Å². The van der Waals surface area contributed by atoms with Gasteiger partial charge in [-0.2, -0.15) is 15.8 Å². The second kappa shape index (κ2) is 6.81. The number of hydrogen-bond acceptors (Lipinski definition) is 3. The van der Waals surface area contributed by atoms with Gasteiger partial charge in [0.1, 0.15) is 4.84 Å². The third-order valence-electron chi connectivity index (χ3n) is 2.49. The molecule has 0 atom stereocenters. The third kappa shape index (κ3) is 4.31. The van der Waals surface area contributed by atoms with E-state index >= 15 is 0 Å². The summed E-state index contributed by atoms with van der Waals surface area (Å²) < 4.78 is 0. The van der Waals surface area contributed by atoms with Crippen LogP contribution in [0.1, 0.15) is 11.1 Å². The maximum atomic E-state index is 9.19. The number of allylic oxidation sites excluding steroid dienone is 2. The van der Waals surface area contributed by atoms with E-state index in [1.165, 1.54) is 12.2 Å². The van der Waals surface area contributed by atoms with E-state index in [0.29, 0.717) is 5.56 Å². The molecule has 94 valence electrons. The van der Waals surface area contributed by atoms with Crippen molar-refractivity contribution in [1.82, 2.24) is 0 Å². The van der Waals surface area contributed by atoms with Crippen molar-refractivity contribution in [2.45, 2.75) is 11.3 Å². The first-order valence-corrected chi connectivity index (χ1v) is 6.21. The van der Waals surface area contributed by atoms with E-state index in [4.69, 9.17) is 28.5 Å². The fourth-order valence-electron chi connectivity index (χ4n) is 1.49. The van der Waals surface area contributed by atoms with Gasteiger partial charge < -0.3 is 0 Å². The molecular formula is C14H9Cl2N3. The number of nitriles is 3. The summed E-state index contributed by atoms with van der Waals surface area (Å²) in [5, 5.41) is 27.1. The molecule has 0 N–H and O–H groups in total. The van der Waals surface area contributed by atoms with Gasteiger partial charge >= 0.3 is 0 Å². The monoisotopic (exact) mass is 289 g/mol. The highest BCUT2D eigenvalue weighted by Gasteiger charge is 2.27. The first-order chi connectivity index (χ1) is 9.05. The van der Waals surface area contributed by atoms with Crippen molar-refractivity contribution >= 4 is 23.2 Å². The molecule has 0 saturated carbocycles. The average molecular weight is 290 g/mol. The van der Waals surface area contributed by atoms with Gasteiger partial charge in [0.2, 0.25) is 0 Å². The molecule has 0 radical (unpaired) electrons. The van der Waals surface area contributed by atoms with E-state index in [1.54, 1.807) is 24.3 Å². The Balaban J connectivity index is 3.00. The molecule has 0 aromatic heterocycles. The highest BCUT2D eigenvalue weighted by Crippen LogP contribution is 2.25. The summed E-state index contributed by atoms with van der Waals surface area (Å²) in [5.41, 5.74) is 0.00347. The molecule has 0 aliphatic rings. The number of benzene rings is 1. The minimum atomic E-state index is -1.31. The first kappa shape index (κ1) is 15.1. The van der Waals surface area contributed by atoms with Gasteiger partial charge in [-0.1, -0.05) is 24.3 Å². The zero-order chi connectivity index (χ0) is 14.3. The average Bonchev–Trinajstić information content (AvgIpc) is 2.44. The van der Waals surface area contributed by atoms with Gasteiger partial charge in [0, 0.05) is 6.42 Å². The molecule has 5 heteroatoms. The molecule has 0 amide bonds. The minimum absolute atomic E-state index is 0.211. The van der Waals surface area contributed by atoms with Crippen LogP contribution in [-0.2, 0) is 6.42 Å². The van der Waals surface area contributed by atoms with Gasteiger partial charge in [-0.3, -0.25) is 0 Å². The fourth-order valence-corrected chi connectivity index (χ4v) is 1.64. The molecule has 0 spiro atoms. The van der Waals surface area contributed by atoms with Crippen LogP contribution < -0.4 is 0 Å². The zero-order valence-corrected chi connectivity index (χ0v) is 11.4. The molecule has 0 unspecified atom stereocenters. The lowest BCUT2D eigenvalue weighted by atomic mass is 9.84. The molecule has 0 aliphatic heterocycles.